The van der Waals surface area contributed by atoms with Gasteiger partial charge in [0.25, 0.3) is 0 Å². The molecule has 7 nitrogen and oxygen atoms in total. The van der Waals surface area contributed by atoms with Crippen LogP contribution in [0.1, 0.15) is 6.92 Å². The van der Waals surface area contributed by atoms with Crippen LogP contribution in [-0.2, 0) is 0 Å². The summed E-state index contributed by atoms with van der Waals surface area (Å²) in [7, 11) is 0. The smallest absolute Gasteiger partial charge is 0.228 e. The van der Waals surface area contributed by atoms with Crippen LogP contribution >= 0.6 is 0 Å². The summed E-state index contributed by atoms with van der Waals surface area (Å²) in [5, 5.41) is 15.3. The third-order valence-corrected chi connectivity index (χ3v) is 5.26. The molecule has 0 radical (unpaired) electrons. The number of fused-ring (bicyclic) bond motifs is 1. The van der Waals surface area contributed by atoms with Gasteiger partial charge in [-0.1, -0.05) is 42.5 Å². The number of para-hydroxylation sites is 1. The summed E-state index contributed by atoms with van der Waals surface area (Å²) < 4.78 is 0. The van der Waals surface area contributed by atoms with Crippen molar-refractivity contribution in [1.29, 1.82) is 0 Å². The molecule has 2 aromatic carbocycles. The van der Waals surface area contributed by atoms with E-state index in [0.717, 1.165) is 59.4 Å². The number of nitrogens with one attached hydrogen (secondary N) is 3. The molecule has 3 heterocycles. The molecule has 2 aromatic heterocycles. The van der Waals surface area contributed by atoms with E-state index >= 15 is 0 Å². The second kappa shape index (κ2) is 7.52. The first-order valence-electron chi connectivity index (χ1n) is 9.90. The summed E-state index contributed by atoms with van der Waals surface area (Å²) >= 11 is 0. The second-order valence-electron chi connectivity index (χ2n) is 7.29. The van der Waals surface area contributed by atoms with Gasteiger partial charge in [0.1, 0.15) is 5.82 Å². The van der Waals surface area contributed by atoms with E-state index in [9.17, 15) is 0 Å². The van der Waals surface area contributed by atoms with Gasteiger partial charge in [0.2, 0.25) is 5.95 Å². The lowest BCUT2D eigenvalue weighted by molar-refractivity contribution is 0.493. The minimum absolute atomic E-state index is 0.341. The first-order chi connectivity index (χ1) is 14.3. The van der Waals surface area contributed by atoms with Gasteiger partial charge in [-0.2, -0.15) is 10.1 Å². The van der Waals surface area contributed by atoms with Crippen LogP contribution in [0.15, 0.2) is 60.7 Å². The van der Waals surface area contributed by atoms with Crippen LogP contribution in [0.4, 0.5) is 17.6 Å². The average Bonchev–Trinajstić information content (AvgIpc) is 3.23. The Kier molecular flexibility index (Phi) is 4.57. The molecule has 0 aliphatic carbocycles. The zero-order valence-electron chi connectivity index (χ0n) is 16.3. The topological polar surface area (TPSA) is 81.8 Å². The van der Waals surface area contributed by atoms with Gasteiger partial charge >= 0.3 is 0 Å². The van der Waals surface area contributed by atoms with Gasteiger partial charge in [-0.15, -0.1) is 0 Å². The molecular formula is C22H23N7. The van der Waals surface area contributed by atoms with Crippen molar-refractivity contribution in [2.24, 2.45) is 0 Å². The first-order valence-corrected chi connectivity index (χ1v) is 9.90. The molecule has 1 saturated heterocycles. The van der Waals surface area contributed by atoms with E-state index in [2.05, 4.69) is 44.8 Å². The molecule has 5 rings (SSSR count). The Bertz CT molecular complexity index is 1120. The molecule has 4 aromatic rings. The van der Waals surface area contributed by atoms with Gasteiger partial charge in [-0.25, -0.2) is 4.98 Å². The van der Waals surface area contributed by atoms with Crippen molar-refractivity contribution in [3.63, 3.8) is 0 Å². The van der Waals surface area contributed by atoms with E-state index in [-0.39, 0.29) is 0 Å². The fourth-order valence-electron chi connectivity index (χ4n) is 3.70. The number of piperazine rings is 1. The highest BCUT2D eigenvalue weighted by molar-refractivity contribution is 5.91. The number of rotatable bonds is 4. The summed E-state index contributed by atoms with van der Waals surface area (Å²) in [6.45, 7) is 4.94. The Morgan fingerprint density at radius 3 is 2.72 bits per heavy atom. The van der Waals surface area contributed by atoms with Crippen molar-refractivity contribution in [1.82, 2.24) is 25.5 Å². The molecule has 3 N–H and O–H groups in total. The largest absolute Gasteiger partial charge is 0.335 e. The van der Waals surface area contributed by atoms with Crippen LogP contribution < -0.4 is 15.5 Å². The van der Waals surface area contributed by atoms with Gasteiger partial charge in [0, 0.05) is 37.1 Å². The Morgan fingerprint density at radius 1 is 1.03 bits per heavy atom. The van der Waals surface area contributed by atoms with Crippen molar-refractivity contribution < 1.29 is 0 Å². The molecule has 0 saturated carbocycles. The second-order valence-corrected chi connectivity index (χ2v) is 7.29. The van der Waals surface area contributed by atoms with Crippen molar-refractivity contribution in [3.05, 3.63) is 60.7 Å². The van der Waals surface area contributed by atoms with Gasteiger partial charge < -0.3 is 15.5 Å². The highest BCUT2D eigenvalue weighted by Crippen LogP contribution is 2.28. The standard InChI is InChI=1S/C22H23N7/c1-15-14-23-11-12-29(15)22-24-18-10-6-5-9-17(18)21(26-22)25-20-13-19(27-28-20)16-7-3-2-4-8-16/h2-10,13,15,23H,11-12,14H2,1H3,(H2,24,25,26,27,28). The van der Waals surface area contributed by atoms with E-state index in [1.807, 2.05) is 48.5 Å². The molecule has 0 amide bonds. The van der Waals surface area contributed by atoms with Crippen molar-refractivity contribution >= 4 is 28.5 Å². The van der Waals surface area contributed by atoms with Crippen LogP contribution in [0.3, 0.4) is 0 Å². The SMILES string of the molecule is CC1CNCCN1c1nc(Nc2cc(-c3ccccc3)[nH]n2)c2ccccc2n1. The van der Waals surface area contributed by atoms with E-state index in [1.54, 1.807) is 0 Å². The molecule has 29 heavy (non-hydrogen) atoms. The van der Waals surface area contributed by atoms with Crippen molar-refractivity contribution in [2.75, 3.05) is 29.9 Å². The predicted octanol–water partition coefficient (Wildman–Crippen LogP) is 3.56. The zero-order chi connectivity index (χ0) is 19.6. The number of aromatic nitrogens is 4. The molecular weight excluding hydrogens is 362 g/mol. The average molecular weight is 385 g/mol. The van der Waals surface area contributed by atoms with Crippen molar-refractivity contribution in [3.8, 4) is 11.3 Å². The third-order valence-electron chi connectivity index (χ3n) is 5.26. The Labute approximate surface area is 169 Å². The number of benzene rings is 2. The molecule has 1 aliphatic rings. The van der Waals surface area contributed by atoms with Gasteiger partial charge in [0.15, 0.2) is 5.82 Å². The summed E-state index contributed by atoms with van der Waals surface area (Å²) in [4.78, 5) is 12.0. The first kappa shape index (κ1) is 17.6. The fraction of sp³-hybridized carbons (Fsp3) is 0.227. The normalized spacial score (nSPS) is 16.9. The Balaban J connectivity index is 1.51. The van der Waals surface area contributed by atoms with Crippen LogP contribution in [0.25, 0.3) is 22.2 Å². The number of aromatic amines is 1. The Hall–Kier alpha value is -3.45. The lowest BCUT2D eigenvalue weighted by Gasteiger charge is -2.34. The monoisotopic (exact) mass is 385 g/mol. The third kappa shape index (κ3) is 3.52. The summed E-state index contributed by atoms with van der Waals surface area (Å²) in [5.41, 5.74) is 2.97. The summed E-state index contributed by atoms with van der Waals surface area (Å²) in [5.74, 6) is 2.24. The highest BCUT2D eigenvalue weighted by Gasteiger charge is 2.22. The van der Waals surface area contributed by atoms with E-state index in [0.29, 0.717) is 6.04 Å². The Morgan fingerprint density at radius 2 is 1.86 bits per heavy atom. The molecule has 7 heteroatoms. The maximum atomic E-state index is 4.87. The maximum Gasteiger partial charge on any atom is 0.228 e. The molecule has 0 bridgehead atoms. The zero-order valence-corrected chi connectivity index (χ0v) is 16.3. The molecule has 1 atom stereocenters. The number of hydrogen-bond donors (Lipinski definition) is 3. The quantitative estimate of drug-likeness (QED) is 0.498. The molecule has 146 valence electrons. The van der Waals surface area contributed by atoms with Crippen LogP contribution in [-0.4, -0.2) is 45.8 Å². The molecule has 1 aliphatic heterocycles. The minimum atomic E-state index is 0.341. The van der Waals surface area contributed by atoms with E-state index in [4.69, 9.17) is 9.97 Å². The minimum Gasteiger partial charge on any atom is -0.335 e. The van der Waals surface area contributed by atoms with Crippen LogP contribution in [0, 0.1) is 0 Å². The lowest BCUT2D eigenvalue weighted by atomic mass is 10.1. The fourth-order valence-corrected chi connectivity index (χ4v) is 3.70. The summed E-state index contributed by atoms with van der Waals surface area (Å²) in [6, 6.07) is 20.6. The van der Waals surface area contributed by atoms with Crippen LogP contribution in [0.2, 0.25) is 0 Å². The highest BCUT2D eigenvalue weighted by atomic mass is 15.3. The van der Waals surface area contributed by atoms with E-state index < -0.39 is 0 Å². The molecule has 0 spiro atoms. The van der Waals surface area contributed by atoms with Gasteiger partial charge in [-0.05, 0) is 24.6 Å². The number of nitrogens with zero attached hydrogens (tertiary/aromatic N) is 4. The predicted molar refractivity (Wildman–Crippen MR) is 117 cm³/mol. The van der Waals surface area contributed by atoms with Gasteiger partial charge in [-0.3, -0.25) is 5.10 Å². The molecule has 1 unspecified atom stereocenters. The van der Waals surface area contributed by atoms with E-state index in [1.165, 1.54) is 0 Å². The lowest BCUT2D eigenvalue weighted by Crippen LogP contribution is -2.50. The molecule has 1 fully saturated rings. The van der Waals surface area contributed by atoms with Crippen LogP contribution in [0.5, 0.6) is 0 Å². The van der Waals surface area contributed by atoms with Crippen molar-refractivity contribution in [2.45, 2.75) is 13.0 Å². The number of H-pyrrole nitrogens is 1. The number of hydrogen-bond acceptors (Lipinski definition) is 6. The number of anilines is 3. The summed E-state index contributed by atoms with van der Waals surface area (Å²) in [6.07, 6.45) is 0. The van der Waals surface area contributed by atoms with Gasteiger partial charge in [0.05, 0.1) is 11.2 Å². The maximum absolute atomic E-state index is 4.87.